The maximum Gasteiger partial charge on any atom is 0.264 e. The molecule has 1 atom stereocenters. The van der Waals surface area contributed by atoms with E-state index in [1.54, 1.807) is 12.1 Å². The van der Waals surface area contributed by atoms with E-state index in [2.05, 4.69) is 11.8 Å². The number of hydrogen-bond donors (Lipinski definition) is 0. The Labute approximate surface area is 204 Å². The third-order valence-electron chi connectivity index (χ3n) is 6.98. The molecule has 5 nitrogen and oxygen atoms in total. The first kappa shape index (κ1) is 25.0. The number of amides is 1. The van der Waals surface area contributed by atoms with E-state index in [9.17, 15) is 13.6 Å². The van der Waals surface area contributed by atoms with Gasteiger partial charge in [-0.3, -0.25) is 4.79 Å². The lowest BCUT2D eigenvalue weighted by atomic mass is 9.76. The molecule has 2 fully saturated rings. The smallest absolute Gasteiger partial charge is 0.264 e. The fourth-order valence-electron chi connectivity index (χ4n) is 5.13. The maximum absolute atomic E-state index is 14.3. The number of benzene rings is 2. The Kier molecular flexibility index (Phi) is 7.87. The summed E-state index contributed by atoms with van der Waals surface area (Å²) in [6, 6.07) is 8.96. The molecule has 0 saturated carbocycles. The van der Waals surface area contributed by atoms with Crippen LogP contribution < -0.4 is 4.90 Å². The summed E-state index contributed by atoms with van der Waals surface area (Å²) in [5.74, 6) is -2.30. The number of likely N-dealkylation sites (tertiary alicyclic amines) is 1. The summed E-state index contributed by atoms with van der Waals surface area (Å²) >= 11 is 6.28. The van der Waals surface area contributed by atoms with Gasteiger partial charge < -0.3 is 19.3 Å². The van der Waals surface area contributed by atoms with E-state index in [1.807, 2.05) is 13.0 Å². The number of fused-ring (bicyclic) bond motifs is 2. The SMILES string of the molecule is CC1OCCO1.CCN1CCCC2(CC1)CN(C(=O)c1c(F)cccc1F)c1ccc(Cl)cc12. The Morgan fingerprint density at radius 1 is 1.12 bits per heavy atom. The van der Waals surface area contributed by atoms with E-state index in [0.717, 1.165) is 69.8 Å². The number of ether oxygens (including phenoxy) is 2. The van der Waals surface area contributed by atoms with Gasteiger partial charge in [0.2, 0.25) is 0 Å². The van der Waals surface area contributed by atoms with Gasteiger partial charge in [0, 0.05) is 22.7 Å². The Morgan fingerprint density at radius 2 is 1.82 bits per heavy atom. The molecule has 0 aromatic heterocycles. The van der Waals surface area contributed by atoms with Crippen LogP contribution in [0.15, 0.2) is 36.4 Å². The van der Waals surface area contributed by atoms with Gasteiger partial charge >= 0.3 is 0 Å². The van der Waals surface area contributed by atoms with Crippen LogP contribution in [0.3, 0.4) is 0 Å². The van der Waals surface area contributed by atoms with E-state index in [1.165, 1.54) is 11.0 Å². The zero-order valence-electron chi connectivity index (χ0n) is 19.7. The van der Waals surface area contributed by atoms with Gasteiger partial charge in [-0.1, -0.05) is 24.6 Å². The van der Waals surface area contributed by atoms with E-state index in [-0.39, 0.29) is 11.7 Å². The lowest BCUT2D eigenvalue weighted by molar-refractivity contribution is -0.0254. The topological polar surface area (TPSA) is 42.0 Å². The minimum atomic E-state index is -0.834. The van der Waals surface area contributed by atoms with E-state index < -0.39 is 23.1 Å². The van der Waals surface area contributed by atoms with Crippen LogP contribution in [0.2, 0.25) is 5.02 Å². The molecule has 3 heterocycles. The second kappa shape index (κ2) is 10.7. The van der Waals surface area contributed by atoms with Crippen LogP contribution in [0.5, 0.6) is 0 Å². The van der Waals surface area contributed by atoms with Crippen molar-refractivity contribution in [3.63, 3.8) is 0 Å². The first-order valence-electron chi connectivity index (χ1n) is 11.9. The highest BCUT2D eigenvalue weighted by Gasteiger charge is 2.46. The minimum absolute atomic E-state index is 0.0463. The van der Waals surface area contributed by atoms with Crippen LogP contribution >= 0.6 is 11.6 Å². The molecule has 2 aromatic rings. The molecule has 184 valence electrons. The average Bonchev–Trinajstić information content (AvgIpc) is 3.34. The Bertz CT molecular complexity index is 1010. The highest BCUT2D eigenvalue weighted by molar-refractivity contribution is 6.30. The summed E-state index contributed by atoms with van der Waals surface area (Å²) < 4.78 is 38.4. The Hall–Kier alpha value is -2.06. The summed E-state index contributed by atoms with van der Waals surface area (Å²) in [5, 5.41) is 0.612. The van der Waals surface area contributed by atoms with Crippen LogP contribution in [0.1, 0.15) is 49.0 Å². The number of rotatable bonds is 2. The zero-order chi connectivity index (χ0) is 24.3. The quantitative estimate of drug-likeness (QED) is 0.563. The number of carbonyl (C=O) groups is 1. The fourth-order valence-corrected chi connectivity index (χ4v) is 5.30. The third-order valence-corrected chi connectivity index (χ3v) is 7.21. The van der Waals surface area contributed by atoms with Gasteiger partial charge in [0.15, 0.2) is 6.29 Å². The van der Waals surface area contributed by atoms with Crippen molar-refractivity contribution in [2.24, 2.45) is 0 Å². The van der Waals surface area contributed by atoms with E-state index in [0.29, 0.717) is 17.3 Å². The molecule has 1 spiro atoms. The molecule has 3 aliphatic heterocycles. The lowest BCUT2D eigenvalue weighted by Gasteiger charge is -2.29. The van der Waals surface area contributed by atoms with Gasteiger partial charge in [-0.2, -0.15) is 0 Å². The molecule has 3 aliphatic rings. The lowest BCUT2D eigenvalue weighted by Crippen LogP contribution is -2.38. The van der Waals surface area contributed by atoms with Crippen molar-refractivity contribution in [3.05, 3.63) is 64.2 Å². The van der Waals surface area contributed by atoms with Crippen molar-refractivity contribution in [2.75, 3.05) is 44.3 Å². The Morgan fingerprint density at radius 3 is 2.44 bits per heavy atom. The van der Waals surface area contributed by atoms with Crippen LogP contribution in [-0.4, -0.2) is 56.5 Å². The molecule has 8 heteroatoms. The van der Waals surface area contributed by atoms with Gasteiger partial charge in [0.05, 0.1) is 13.2 Å². The largest absolute Gasteiger partial charge is 0.351 e. The number of anilines is 1. The second-order valence-corrected chi connectivity index (χ2v) is 9.46. The van der Waals surface area contributed by atoms with Gasteiger partial charge in [-0.25, -0.2) is 8.78 Å². The van der Waals surface area contributed by atoms with Crippen LogP contribution in [0.25, 0.3) is 0 Å². The molecule has 2 aromatic carbocycles. The fraction of sp³-hybridized carbons (Fsp3) is 0.500. The zero-order valence-corrected chi connectivity index (χ0v) is 20.4. The molecule has 0 aliphatic carbocycles. The van der Waals surface area contributed by atoms with E-state index >= 15 is 0 Å². The summed E-state index contributed by atoms with van der Waals surface area (Å²) in [6.45, 7) is 8.93. The number of carbonyl (C=O) groups excluding carboxylic acids is 1. The normalized spacial score (nSPS) is 22.9. The van der Waals surface area contributed by atoms with Gasteiger partial charge in [-0.15, -0.1) is 0 Å². The standard InChI is InChI=1S/C22H23ClF2N2O.C4H8O2/c1-2-26-11-4-9-22(10-12-26)14-27(19-8-7-15(23)13-16(19)22)21(28)20-17(24)5-3-6-18(20)25;1-4-5-2-3-6-4/h3,5-8,13H,2,4,9-12,14H2,1H3;4H,2-3H2,1H3. The molecule has 0 N–H and O–H groups in total. The second-order valence-electron chi connectivity index (χ2n) is 9.03. The number of hydrogen-bond acceptors (Lipinski definition) is 4. The Balaban J connectivity index is 0.000000398. The van der Waals surface area contributed by atoms with Crippen molar-refractivity contribution in [3.8, 4) is 0 Å². The highest BCUT2D eigenvalue weighted by atomic mass is 35.5. The summed E-state index contributed by atoms with van der Waals surface area (Å²) in [5.41, 5.74) is 0.996. The molecular weight excluding hydrogens is 462 g/mol. The molecule has 0 bridgehead atoms. The first-order valence-corrected chi connectivity index (χ1v) is 12.2. The molecule has 2 saturated heterocycles. The number of nitrogens with zero attached hydrogens (tertiary/aromatic N) is 2. The van der Waals surface area contributed by atoms with Gasteiger partial charge in [0.25, 0.3) is 5.91 Å². The molecule has 1 unspecified atom stereocenters. The van der Waals surface area contributed by atoms with Crippen molar-refractivity contribution in [2.45, 2.75) is 44.8 Å². The highest BCUT2D eigenvalue weighted by Crippen LogP contribution is 2.48. The maximum atomic E-state index is 14.3. The molecule has 5 rings (SSSR count). The summed E-state index contributed by atoms with van der Waals surface area (Å²) in [7, 11) is 0. The predicted molar refractivity (Wildman–Crippen MR) is 128 cm³/mol. The van der Waals surface area contributed by atoms with Crippen LogP contribution in [-0.2, 0) is 14.9 Å². The molecular formula is C26H31ClF2N2O3. The van der Waals surface area contributed by atoms with Crippen molar-refractivity contribution >= 4 is 23.2 Å². The molecule has 34 heavy (non-hydrogen) atoms. The van der Waals surface area contributed by atoms with Crippen LogP contribution in [0.4, 0.5) is 14.5 Å². The first-order chi connectivity index (χ1) is 16.3. The van der Waals surface area contributed by atoms with Crippen molar-refractivity contribution < 1.29 is 23.0 Å². The van der Waals surface area contributed by atoms with Gasteiger partial charge in [0.1, 0.15) is 17.2 Å². The minimum Gasteiger partial charge on any atom is -0.351 e. The van der Waals surface area contributed by atoms with Gasteiger partial charge in [-0.05, 0) is 81.7 Å². The van der Waals surface area contributed by atoms with Crippen LogP contribution in [0, 0.1) is 11.6 Å². The monoisotopic (exact) mass is 492 g/mol. The summed E-state index contributed by atoms with van der Waals surface area (Å²) in [6.07, 6.45) is 2.86. The third kappa shape index (κ3) is 5.13. The number of halogens is 3. The summed E-state index contributed by atoms with van der Waals surface area (Å²) in [4.78, 5) is 17.1. The molecule has 0 radical (unpaired) electrons. The average molecular weight is 493 g/mol. The van der Waals surface area contributed by atoms with Crippen molar-refractivity contribution in [1.82, 2.24) is 4.90 Å². The molecule has 1 amide bonds. The van der Waals surface area contributed by atoms with Crippen molar-refractivity contribution in [1.29, 1.82) is 0 Å². The van der Waals surface area contributed by atoms with E-state index in [4.69, 9.17) is 21.1 Å². The predicted octanol–water partition coefficient (Wildman–Crippen LogP) is 5.40.